The van der Waals surface area contributed by atoms with Gasteiger partial charge in [0.15, 0.2) is 6.10 Å². The number of nitrogens with one attached hydrogen (secondary N) is 1. The molecule has 2 bridgehead atoms. The number of hydrazine groups is 1. The molecule has 0 radical (unpaired) electrons. The number of nitrogens with zero attached hydrogens (tertiary/aromatic N) is 1. The van der Waals surface area contributed by atoms with Crippen LogP contribution in [0.5, 0.6) is 5.75 Å². The molecule has 3 heterocycles. The van der Waals surface area contributed by atoms with E-state index in [-0.39, 0.29) is 24.0 Å². The number of hydrogen-bond donors (Lipinski definition) is 1. The molecular weight excluding hydrogens is 336 g/mol. The maximum atomic E-state index is 12.6. The smallest absolute Gasteiger partial charge is 0.279 e. The van der Waals surface area contributed by atoms with Gasteiger partial charge in [0, 0.05) is 0 Å². The third-order valence-electron chi connectivity index (χ3n) is 5.67. The van der Waals surface area contributed by atoms with Crippen molar-refractivity contribution in [3.05, 3.63) is 29.3 Å². The van der Waals surface area contributed by atoms with Crippen molar-refractivity contribution in [2.24, 2.45) is 11.8 Å². The SMILES string of the molecule is Cc1ccc(OC(C)C(=O)NN2C(=O)C3C4CCC(O4)C3C2=O)cc1C. The molecule has 1 N–H and O–H groups in total. The van der Waals surface area contributed by atoms with Crippen LogP contribution in [0.2, 0.25) is 0 Å². The summed E-state index contributed by atoms with van der Waals surface area (Å²) in [6.45, 7) is 5.54. The molecule has 26 heavy (non-hydrogen) atoms. The fourth-order valence-electron chi connectivity index (χ4n) is 4.07. The van der Waals surface area contributed by atoms with Gasteiger partial charge in [0.1, 0.15) is 5.75 Å². The fraction of sp³-hybridized carbons (Fsp3) is 0.526. The van der Waals surface area contributed by atoms with Crippen molar-refractivity contribution in [1.29, 1.82) is 0 Å². The fourth-order valence-corrected chi connectivity index (χ4v) is 4.07. The van der Waals surface area contributed by atoms with Gasteiger partial charge < -0.3 is 9.47 Å². The Hall–Kier alpha value is -2.41. The van der Waals surface area contributed by atoms with E-state index in [0.717, 1.165) is 29.0 Å². The summed E-state index contributed by atoms with van der Waals surface area (Å²) in [4.78, 5) is 37.5. The van der Waals surface area contributed by atoms with Crippen molar-refractivity contribution >= 4 is 17.7 Å². The van der Waals surface area contributed by atoms with E-state index in [0.29, 0.717) is 5.75 Å². The Morgan fingerprint density at radius 3 is 2.35 bits per heavy atom. The number of carbonyl (C=O) groups is 3. The Kier molecular flexibility index (Phi) is 3.99. The van der Waals surface area contributed by atoms with Gasteiger partial charge in [-0.2, -0.15) is 5.01 Å². The molecule has 1 aromatic rings. The minimum Gasteiger partial charge on any atom is -0.481 e. The summed E-state index contributed by atoms with van der Waals surface area (Å²) in [5.74, 6) is -1.63. The summed E-state index contributed by atoms with van der Waals surface area (Å²) in [5, 5.41) is 0.867. The Morgan fingerprint density at radius 2 is 1.77 bits per heavy atom. The Morgan fingerprint density at radius 1 is 1.15 bits per heavy atom. The second kappa shape index (κ2) is 6.09. The highest BCUT2D eigenvalue weighted by Gasteiger charge is 2.63. The van der Waals surface area contributed by atoms with Crippen LogP contribution in [0.25, 0.3) is 0 Å². The van der Waals surface area contributed by atoms with Crippen LogP contribution < -0.4 is 10.2 Å². The van der Waals surface area contributed by atoms with E-state index in [4.69, 9.17) is 9.47 Å². The van der Waals surface area contributed by atoms with Crippen LogP contribution in [-0.2, 0) is 19.1 Å². The summed E-state index contributed by atoms with van der Waals surface area (Å²) < 4.78 is 11.3. The van der Waals surface area contributed by atoms with Gasteiger partial charge in [-0.15, -0.1) is 0 Å². The molecule has 0 spiro atoms. The highest BCUT2D eigenvalue weighted by atomic mass is 16.5. The van der Waals surface area contributed by atoms with Gasteiger partial charge in [0.05, 0.1) is 24.0 Å². The van der Waals surface area contributed by atoms with Gasteiger partial charge in [0.2, 0.25) is 0 Å². The average Bonchev–Trinajstić information content (AvgIpc) is 3.28. The highest BCUT2D eigenvalue weighted by molar-refractivity contribution is 6.07. The minimum absolute atomic E-state index is 0.201. The van der Waals surface area contributed by atoms with E-state index in [1.807, 2.05) is 26.0 Å². The zero-order valence-electron chi connectivity index (χ0n) is 15.0. The molecule has 3 aliphatic heterocycles. The van der Waals surface area contributed by atoms with E-state index in [9.17, 15) is 14.4 Å². The Labute approximate surface area is 151 Å². The third-order valence-corrected chi connectivity index (χ3v) is 5.67. The van der Waals surface area contributed by atoms with Crippen molar-refractivity contribution in [2.45, 2.75) is 51.9 Å². The molecule has 0 saturated carbocycles. The molecule has 138 valence electrons. The molecular formula is C19H22N2O5. The molecule has 3 aliphatic rings. The predicted octanol–water partition coefficient (Wildman–Crippen LogP) is 1.26. The molecule has 3 amide bonds. The van der Waals surface area contributed by atoms with Crippen LogP contribution in [0.1, 0.15) is 30.9 Å². The standard InChI is InChI=1S/C19H22N2O5/c1-9-4-5-12(8-10(9)2)25-11(3)17(22)20-21-18(23)15-13-6-7-14(26-13)16(15)19(21)24/h4-5,8,11,13-16H,6-7H2,1-3H3,(H,20,22). The molecule has 0 aliphatic carbocycles. The first-order chi connectivity index (χ1) is 12.4. The zero-order valence-corrected chi connectivity index (χ0v) is 15.0. The number of carbonyl (C=O) groups excluding carboxylic acids is 3. The first kappa shape index (κ1) is 17.0. The van der Waals surface area contributed by atoms with Gasteiger partial charge >= 0.3 is 0 Å². The lowest BCUT2D eigenvalue weighted by Crippen LogP contribution is -2.51. The minimum atomic E-state index is -0.842. The van der Waals surface area contributed by atoms with Gasteiger partial charge in [-0.3, -0.25) is 19.8 Å². The van der Waals surface area contributed by atoms with Crippen LogP contribution in [-0.4, -0.2) is 41.0 Å². The molecule has 0 aromatic heterocycles. The van der Waals surface area contributed by atoms with Crippen molar-refractivity contribution < 1.29 is 23.9 Å². The van der Waals surface area contributed by atoms with Crippen LogP contribution in [0, 0.1) is 25.7 Å². The van der Waals surface area contributed by atoms with E-state index < -0.39 is 23.8 Å². The summed E-state index contributed by atoms with van der Waals surface area (Å²) in [6.07, 6.45) is 0.337. The van der Waals surface area contributed by atoms with Gasteiger partial charge in [0.25, 0.3) is 17.7 Å². The second-order valence-electron chi connectivity index (χ2n) is 7.34. The first-order valence-corrected chi connectivity index (χ1v) is 8.94. The molecule has 5 atom stereocenters. The molecule has 7 heteroatoms. The van der Waals surface area contributed by atoms with E-state index >= 15 is 0 Å². The topological polar surface area (TPSA) is 84.9 Å². The van der Waals surface area contributed by atoms with E-state index in [1.54, 1.807) is 13.0 Å². The summed E-state index contributed by atoms with van der Waals surface area (Å²) in [7, 11) is 0. The lowest BCUT2D eigenvalue weighted by molar-refractivity contribution is -0.153. The maximum absolute atomic E-state index is 12.6. The Balaban J connectivity index is 1.42. The van der Waals surface area contributed by atoms with Crippen molar-refractivity contribution in [2.75, 3.05) is 0 Å². The number of imide groups is 1. The van der Waals surface area contributed by atoms with Gasteiger partial charge in [-0.25, -0.2) is 0 Å². The molecule has 3 saturated heterocycles. The molecule has 5 unspecified atom stereocenters. The molecule has 4 rings (SSSR count). The lowest BCUT2D eigenvalue weighted by atomic mass is 9.81. The van der Waals surface area contributed by atoms with Crippen LogP contribution in [0.3, 0.4) is 0 Å². The van der Waals surface area contributed by atoms with E-state index in [2.05, 4.69) is 5.43 Å². The van der Waals surface area contributed by atoms with Gasteiger partial charge in [-0.05, 0) is 56.9 Å². The first-order valence-electron chi connectivity index (χ1n) is 8.94. The molecule has 1 aromatic carbocycles. The monoisotopic (exact) mass is 358 g/mol. The van der Waals surface area contributed by atoms with Gasteiger partial charge in [-0.1, -0.05) is 6.07 Å². The Bertz CT molecular complexity index is 764. The number of amides is 3. The van der Waals surface area contributed by atoms with Crippen molar-refractivity contribution in [1.82, 2.24) is 10.4 Å². The summed E-state index contributed by atoms with van der Waals surface area (Å²) >= 11 is 0. The number of hydrogen-bond acceptors (Lipinski definition) is 5. The molecule has 3 fully saturated rings. The summed E-state index contributed by atoms with van der Waals surface area (Å²) in [6, 6.07) is 5.56. The van der Waals surface area contributed by atoms with Crippen LogP contribution in [0.15, 0.2) is 18.2 Å². The number of fused-ring (bicyclic) bond motifs is 5. The number of aryl methyl sites for hydroxylation is 2. The highest BCUT2D eigenvalue weighted by Crippen LogP contribution is 2.48. The predicted molar refractivity (Wildman–Crippen MR) is 90.9 cm³/mol. The number of rotatable bonds is 4. The quantitative estimate of drug-likeness (QED) is 0.819. The second-order valence-corrected chi connectivity index (χ2v) is 7.34. The largest absolute Gasteiger partial charge is 0.481 e. The zero-order chi connectivity index (χ0) is 18.6. The van der Waals surface area contributed by atoms with Crippen LogP contribution in [0.4, 0.5) is 0 Å². The van der Waals surface area contributed by atoms with Crippen molar-refractivity contribution in [3.63, 3.8) is 0 Å². The average molecular weight is 358 g/mol. The number of ether oxygens (including phenoxy) is 2. The molecule has 7 nitrogen and oxygen atoms in total. The number of benzene rings is 1. The lowest BCUT2D eigenvalue weighted by Gasteiger charge is -2.21. The van der Waals surface area contributed by atoms with Crippen LogP contribution >= 0.6 is 0 Å². The van der Waals surface area contributed by atoms with E-state index in [1.165, 1.54) is 0 Å². The third kappa shape index (κ3) is 2.58. The van der Waals surface area contributed by atoms with Crippen molar-refractivity contribution in [3.8, 4) is 5.75 Å². The summed E-state index contributed by atoms with van der Waals surface area (Å²) in [5.41, 5.74) is 4.63. The maximum Gasteiger partial charge on any atom is 0.279 e. The normalized spacial score (nSPS) is 30.5.